The van der Waals surface area contributed by atoms with Crippen LogP contribution in [0.15, 0.2) is 42.5 Å². The van der Waals surface area contributed by atoms with Gasteiger partial charge in [-0.3, -0.25) is 0 Å². The molecule has 0 amide bonds. The monoisotopic (exact) mass is 324 g/mol. The molecule has 0 saturated heterocycles. The normalized spacial score (nSPS) is 10.6. The number of anilines is 1. The molecule has 0 saturated carbocycles. The van der Waals surface area contributed by atoms with Gasteiger partial charge >= 0.3 is 0 Å². The third kappa shape index (κ3) is 3.03. The Morgan fingerprint density at radius 3 is 2.42 bits per heavy atom. The summed E-state index contributed by atoms with van der Waals surface area (Å²) in [5.41, 5.74) is 8.54. The van der Waals surface area contributed by atoms with E-state index in [9.17, 15) is 0 Å². The van der Waals surface area contributed by atoms with Crippen molar-refractivity contribution in [3.05, 3.63) is 53.9 Å². The highest BCUT2D eigenvalue weighted by molar-refractivity contribution is 5.69. The number of hydrogen-bond donors (Lipinski definition) is 1. The van der Waals surface area contributed by atoms with Crippen molar-refractivity contribution in [2.24, 2.45) is 0 Å². The second-order valence-corrected chi connectivity index (χ2v) is 5.46. The van der Waals surface area contributed by atoms with Crippen LogP contribution in [0.25, 0.3) is 11.4 Å². The quantitative estimate of drug-likeness (QED) is 0.730. The number of aryl methyl sites for hydroxylation is 1. The Balaban J connectivity index is 2.01. The van der Waals surface area contributed by atoms with Crippen molar-refractivity contribution in [2.45, 2.75) is 13.5 Å². The highest BCUT2D eigenvalue weighted by Crippen LogP contribution is 2.31. The van der Waals surface area contributed by atoms with Gasteiger partial charge in [-0.25, -0.2) is 0 Å². The van der Waals surface area contributed by atoms with E-state index in [1.807, 2.05) is 47.9 Å². The average molecular weight is 324 g/mol. The molecule has 124 valence electrons. The van der Waals surface area contributed by atoms with Crippen LogP contribution in [-0.4, -0.2) is 29.0 Å². The smallest absolute Gasteiger partial charge is 0.168 e. The third-order valence-corrected chi connectivity index (χ3v) is 3.90. The molecule has 6 heteroatoms. The van der Waals surface area contributed by atoms with E-state index in [0.717, 1.165) is 28.5 Å². The third-order valence-electron chi connectivity index (χ3n) is 3.90. The van der Waals surface area contributed by atoms with E-state index < -0.39 is 0 Å². The lowest BCUT2D eigenvalue weighted by Gasteiger charge is -2.12. The summed E-state index contributed by atoms with van der Waals surface area (Å²) < 4.78 is 12.7. The Morgan fingerprint density at radius 2 is 1.75 bits per heavy atom. The van der Waals surface area contributed by atoms with E-state index in [1.165, 1.54) is 0 Å². The van der Waals surface area contributed by atoms with Gasteiger partial charge in [0.1, 0.15) is 17.3 Å². The molecule has 3 aromatic rings. The van der Waals surface area contributed by atoms with Crippen molar-refractivity contribution in [1.29, 1.82) is 0 Å². The summed E-state index contributed by atoms with van der Waals surface area (Å²) in [4.78, 5) is 0. The van der Waals surface area contributed by atoms with Crippen LogP contribution in [0, 0.1) is 6.92 Å². The molecule has 0 spiro atoms. The summed E-state index contributed by atoms with van der Waals surface area (Å²) in [5.74, 6) is 3.10. The Kier molecular flexibility index (Phi) is 4.37. The molecule has 3 rings (SSSR count). The minimum atomic E-state index is 0.649. The van der Waals surface area contributed by atoms with E-state index in [2.05, 4.69) is 10.2 Å². The lowest BCUT2D eigenvalue weighted by molar-refractivity contribution is 0.414. The molecule has 0 aliphatic carbocycles. The van der Waals surface area contributed by atoms with E-state index in [-0.39, 0.29) is 0 Å². The fraction of sp³-hybridized carbons (Fsp3) is 0.222. The fourth-order valence-electron chi connectivity index (χ4n) is 2.58. The second-order valence-electron chi connectivity index (χ2n) is 5.46. The van der Waals surface area contributed by atoms with Crippen LogP contribution in [0.4, 0.5) is 5.69 Å². The maximum atomic E-state index is 5.93. The zero-order chi connectivity index (χ0) is 17.1. The molecular formula is C18H20N4O2. The predicted molar refractivity (Wildman–Crippen MR) is 93.3 cm³/mol. The molecular weight excluding hydrogens is 304 g/mol. The first kappa shape index (κ1) is 15.9. The highest BCUT2D eigenvalue weighted by atomic mass is 16.5. The molecule has 0 bridgehead atoms. The van der Waals surface area contributed by atoms with Gasteiger partial charge in [0, 0.05) is 5.69 Å². The highest BCUT2D eigenvalue weighted by Gasteiger charge is 2.16. The summed E-state index contributed by atoms with van der Waals surface area (Å²) >= 11 is 0. The molecule has 0 radical (unpaired) electrons. The lowest BCUT2D eigenvalue weighted by atomic mass is 10.1. The largest absolute Gasteiger partial charge is 0.497 e. The predicted octanol–water partition coefficient (Wildman–Crippen LogP) is 2.90. The summed E-state index contributed by atoms with van der Waals surface area (Å²) in [5, 5.41) is 8.54. The van der Waals surface area contributed by atoms with Crippen LogP contribution in [0.2, 0.25) is 0 Å². The van der Waals surface area contributed by atoms with Crippen molar-refractivity contribution in [2.75, 3.05) is 20.0 Å². The first-order valence-corrected chi connectivity index (χ1v) is 7.59. The van der Waals surface area contributed by atoms with Crippen molar-refractivity contribution < 1.29 is 9.47 Å². The van der Waals surface area contributed by atoms with Gasteiger partial charge in [-0.15, -0.1) is 10.2 Å². The summed E-state index contributed by atoms with van der Waals surface area (Å²) in [7, 11) is 3.29. The van der Waals surface area contributed by atoms with Gasteiger partial charge in [-0.2, -0.15) is 0 Å². The SMILES string of the molecule is COc1ccc(Cn2c(C)nnc2-c2cc(N)ccc2OC)cc1. The van der Waals surface area contributed by atoms with Crippen molar-refractivity contribution >= 4 is 5.69 Å². The Labute approximate surface area is 140 Å². The summed E-state index contributed by atoms with van der Waals surface area (Å²) in [6.07, 6.45) is 0. The second kappa shape index (κ2) is 6.62. The first-order valence-electron chi connectivity index (χ1n) is 7.59. The number of rotatable bonds is 5. The molecule has 2 aromatic carbocycles. The molecule has 1 heterocycles. The number of benzene rings is 2. The van der Waals surface area contributed by atoms with Crippen LogP contribution in [0.3, 0.4) is 0 Å². The number of nitrogens with zero attached hydrogens (tertiary/aromatic N) is 3. The van der Waals surface area contributed by atoms with Gasteiger partial charge in [0.05, 0.1) is 26.3 Å². The van der Waals surface area contributed by atoms with Gasteiger partial charge < -0.3 is 19.8 Å². The lowest BCUT2D eigenvalue weighted by Crippen LogP contribution is -2.05. The van der Waals surface area contributed by atoms with Gasteiger partial charge in [0.15, 0.2) is 5.82 Å². The topological polar surface area (TPSA) is 75.2 Å². The molecule has 1 aromatic heterocycles. The van der Waals surface area contributed by atoms with Gasteiger partial charge in [0.25, 0.3) is 0 Å². The van der Waals surface area contributed by atoms with E-state index in [1.54, 1.807) is 20.3 Å². The van der Waals surface area contributed by atoms with Gasteiger partial charge in [0.2, 0.25) is 0 Å². The van der Waals surface area contributed by atoms with Crippen LogP contribution in [0.1, 0.15) is 11.4 Å². The van der Waals surface area contributed by atoms with Gasteiger partial charge in [-0.05, 0) is 42.8 Å². The molecule has 2 N–H and O–H groups in total. The Morgan fingerprint density at radius 1 is 1.00 bits per heavy atom. The van der Waals surface area contributed by atoms with Crippen molar-refractivity contribution in [3.8, 4) is 22.9 Å². The van der Waals surface area contributed by atoms with Crippen LogP contribution < -0.4 is 15.2 Å². The number of methoxy groups -OCH3 is 2. The molecule has 0 fully saturated rings. The molecule has 0 atom stereocenters. The molecule has 24 heavy (non-hydrogen) atoms. The van der Waals surface area contributed by atoms with Crippen molar-refractivity contribution in [3.63, 3.8) is 0 Å². The Hall–Kier alpha value is -3.02. The fourth-order valence-corrected chi connectivity index (χ4v) is 2.58. The first-order chi connectivity index (χ1) is 11.6. The maximum absolute atomic E-state index is 5.93. The minimum absolute atomic E-state index is 0.649. The van der Waals surface area contributed by atoms with E-state index >= 15 is 0 Å². The standard InChI is InChI=1S/C18H20N4O2/c1-12-20-21-18(16-10-14(19)6-9-17(16)24-3)22(12)11-13-4-7-15(23-2)8-5-13/h4-10H,11,19H2,1-3H3. The van der Waals surface area contributed by atoms with Crippen LogP contribution >= 0.6 is 0 Å². The molecule has 0 unspecified atom stereocenters. The number of hydrogen-bond acceptors (Lipinski definition) is 5. The molecule has 0 aliphatic heterocycles. The summed E-state index contributed by atoms with van der Waals surface area (Å²) in [6.45, 7) is 2.58. The zero-order valence-electron chi connectivity index (χ0n) is 14.0. The molecule has 6 nitrogen and oxygen atoms in total. The van der Waals surface area contributed by atoms with Gasteiger partial charge in [-0.1, -0.05) is 12.1 Å². The number of nitrogen functional groups attached to an aromatic ring is 1. The molecule has 0 aliphatic rings. The van der Waals surface area contributed by atoms with Crippen molar-refractivity contribution in [1.82, 2.24) is 14.8 Å². The van der Waals surface area contributed by atoms with E-state index in [0.29, 0.717) is 18.0 Å². The Bertz CT molecular complexity index is 841. The number of aromatic nitrogens is 3. The minimum Gasteiger partial charge on any atom is -0.497 e. The number of nitrogens with two attached hydrogens (primary N) is 1. The number of ether oxygens (including phenoxy) is 2. The van der Waals surface area contributed by atoms with Crippen LogP contribution in [-0.2, 0) is 6.54 Å². The maximum Gasteiger partial charge on any atom is 0.168 e. The zero-order valence-corrected chi connectivity index (χ0v) is 14.0. The van der Waals surface area contributed by atoms with E-state index in [4.69, 9.17) is 15.2 Å². The summed E-state index contributed by atoms with van der Waals surface area (Å²) in [6, 6.07) is 13.4. The average Bonchev–Trinajstić information content (AvgIpc) is 2.96. The van der Waals surface area contributed by atoms with Crippen LogP contribution in [0.5, 0.6) is 11.5 Å².